The minimum Gasteiger partial charge on any atom is -0.462 e. The third-order valence-electron chi connectivity index (χ3n) is 5.43. The van der Waals surface area contributed by atoms with Crippen LogP contribution in [0.15, 0.2) is 61.0 Å². The van der Waals surface area contributed by atoms with E-state index in [1.54, 1.807) is 6.20 Å². The summed E-state index contributed by atoms with van der Waals surface area (Å²) in [5.74, 6) is 0.0432. The van der Waals surface area contributed by atoms with Crippen LogP contribution >= 0.6 is 0 Å². The Morgan fingerprint density at radius 3 is 2.83 bits per heavy atom. The van der Waals surface area contributed by atoms with Crippen LogP contribution in [0.2, 0.25) is 0 Å². The Morgan fingerprint density at radius 2 is 2.14 bits per heavy atom. The molecule has 2 rings (SSSR count). The van der Waals surface area contributed by atoms with E-state index in [1.165, 1.54) is 11.1 Å². The fraction of sp³-hybridized carbons (Fsp3) is 0.520. The predicted molar refractivity (Wildman–Crippen MR) is 120 cm³/mol. The highest BCUT2D eigenvalue weighted by molar-refractivity contribution is 5.72. The van der Waals surface area contributed by atoms with Gasteiger partial charge in [0.1, 0.15) is 6.10 Å². The van der Waals surface area contributed by atoms with E-state index in [1.807, 2.05) is 37.4 Å². The molecule has 158 valence electrons. The topological polar surface area (TPSA) is 51.2 Å². The molecular formula is C25H36N2O2. The molecule has 1 atom stereocenters. The van der Waals surface area contributed by atoms with Crippen molar-refractivity contribution in [2.24, 2.45) is 5.92 Å². The lowest BCUT2D eigenvalue weighted by Gasteiger charge is -2.25. The van der Waals surface area contributed by atoms with Gasteiger partial charge in [-0.05, 0) is 88.6 Å². The van der Waals surface area contributed by atoms with Crippen molar-refractivity contribution in [3.05, 3.63) is 66.5 Å². The Hall–Kier alpha value is -2.20. The molecule has 0 aromatic carbocycles. The van der Waals surface area contributed by atoms with Crippen molar-refractivity contribution < 1.29 is 9.53 Å². The van der Waals surface area contributed by atoms with Crippen molar-refractivity contribution in [1.82, 2.24) is 10.3 Å². The van der Waals surface area contributed by atoms with E-state index in [0.717, 1.165) is 64.5 Å². The maximum Gasteiger partial charge on any atom is 0.309 e. The average Bonchev–Trinajstić information content (AvgIpc) is 2.77. The van der Waals surface area contributed by atoms with E-state index in [9.17, 15) is 4.79 Å². The summed E-state index contributed by atoms with van der Waals surface area (Å²) in [5, 5.41) is 3.31. The van der Waals surface area contributed by atoms with Crippen molar-refractivity contribution in [2.45, 2.75) is 64.4 Å². The molecule has 1 fully saturated rings. The molecule has 0 saturated carbocycles. The number of rotatable bonds is 12. The van der Waals surface area contributed by atoms with Crippen LogP contribution in [-0.2, 0) is 16.0 Å². The van der Waals surface area contributed by atoms with Crippen LogP contribution < -0.4 is 5.32 Å². The Balaban J connectivity index is 1.86. The third-order valence-corrected chi connectivity index (χ3v) is 5.43. The number of hydrogen-bond acceptors (Lipinski definition) is 4. The molecule has 0 amide bonds. The number of ether oxygens (including phenoxy) is 1. The predicted octanol–water partition coefficient (Wildman–Crippen LogP) is 5.17. The molecule has 1 aliphatic heterocycles. The summed E-state index contributed by atoms with van der Waals surface area (Å²) < 4.78 is 5.98. The second-order valence-corrected chi connectivity index (χ2v) is 7.70. The molecule has 4 nitrogen and oxygen atoms in total. The zero-order valence-corrected chi connectivity index (χ0v) is 17.8. The number of esters is 1. The summed E-state index contributed by atoms with van der Waals surface area (Å²) in [6.45, 7) is 7.73. The molecule has 29 heavy (non-hydrogen) atoms. The van der Waals surface area contributed by atoms with Gasteiger partial charge in [-0.15, -0.1) is 0 Å². The van der Waals surface area contributed by atoms with E-state index in [-0.39, 0.29) is 18.0 Å². The maximum absolute atomic E-state index is 12.6. The highest BCUT2D eigenvalue weighted by Crippen LogP contribution is 2.20. The van der Waals surface area contributed by atoms with Crippen LogP contribution in [0.25, 0.3) is 0 Å². The van der Waals surface area contributed by atoms with Crippen LogP contribution in [0.4, 0.5) is 0 Å². The molecule has 1 aromatic rings. The normalized spacial score (nSPS) is 16.7. The van der Waals surface area contributed by atoms with Gasteiger partial charge in [-0.2, -0.15) is 0 Å². The number of allylic oxidation sites excluding steroid dienone is 5. The van der Waals surface area contributed by atoms with Crippen molar-refractivity contribution in [1.29, 1.82) is 0 Å². The first-order valence-electron chi connectivity index (χ1n) is 11.0. The smallest absolute Gasteiger partial charge is 0.309 e. The Labute approximate surface area is 176 Å². The number of piperidine rings is 1. The minimum absolute atomic E-state index is 0.00807. The van der Waals surface area contributed by atoms with E-state index in [4.69, 9.17) is 4.74 Å². The van der Waals surface area contributed by atoms with Crippen LogP contribution in [0.1, 0.15) is 57.4 Å². The van der Waals surface area contributed by atoms with Crippen LogP contribution in [0.3, 0.4) is 0 Å². The van der Waals surface area contributed by atoms with Gasteiger partial charge in [0.25, 0.3) is 0 Å². The number of carbonyl (C=O) groups is 1. The van der Waals surface area contributed by atoms with Gasteiger partial charge in [0.2, 0.25) is 0 Å². The van der Waals surface area contributed by atoms with E-state index >= 15 is 0 Å². The lowest BCUT2D eigenvalue weighted by atomic mass is 9.97. The molecule has 0 aliphatic carbocycles. The molecule has 1 aromatic heterocycles. The Kier molecular flexibility index (Phi) is 11.1. The lowest BCUT2D eigenvalue weighted by molar-refractivity contribution is -0.155. The highest BCUT2D eigenvalue weighted by Gasteiger charge is 2.25. The first-order chi connectivity index (χ1) is 14.2. The summed E-state index contributed by atoms with van der Waals surface area (Å²) in [7, 11) is 0. The molecule has 1 saturated heterocycles. The number of pyridine rings is 1. The van der Waals surface area contributed by atoms with Crippen molar-refractivity contribution in [3.8, 4) is 0 Å². The van der Waals surface area contributed by atoms with Crippen molar-refractivity contribution in [3.63, 3.8) is 0 Å². The number of nitrogens with one attached hydrogen (secondary N) is 1. The van der Waals surface area contributed by atoms with Gasteiger partial charge < -0.3 is 10.1 Å². The number of aryl methyl sites for hydroxylation is 1. The molecule has 4 heteroatoms. The minimum atomic E-state index is -0.0122. The van der Waals surface area contributed by atoms with E-state index in [0.29, 0.717) is 0 Å². The van der Waals surface area contributed by atoms with Gasteiger partial charge in [0.15, 0.2) is 0 Å². The number of hydrogen-bond donors (Lipinski definition) is 1. The van der Waals surface area contributed by atoms with Gasteiger partial charge in [-0.1, -0.05) is 36.9 Å². The maximum atomic E-state index is 12.6. The highest BCUT2D eigenvalue weighted by atomic mass is 16.5. The number of nitrogens with zero attached hydrogens (tertiary/aromatic N) is 1. The average molecular weight is 397 g/mol. The number of aromatic nitrogens is 1. The van der Waals surface area contributed by atoms with Gasteiger partial charge in [-0.3, -0.25) is 9.78 Å². The van der Waals surface area contributed by atoms with Gasteiger partial charge in [0, 0.05) is 12.4 Å². The lowest BCUT2D eigenvalue weighted by Crippen LogP contribution is -2.34. The van der Waals surface area contributed by atoms with Gasteiger partial charge >= 0.3 is 5.97 Å². The fourth-order valence-corrected chi connectivity index (χ4v) is 3.67. The first-order valence-corrected chi connectivity index (χ1v) is 11.0. The van der Waals surface area contributed by atoms with Crippen LogP contribution in [0.5, 0.6) is 0 Å². The molecular weight excluding hydrogens is 360 g/mol. The molecule has 1 unspecified atom stereocenters. The van der Waals surface area contributed by atoms with Crippen molar-refractivity contribution in [2.75, 3.05) is 13.1 Å². The monoisotopic (exact) mass is 396 g/mol. The first kappa shape index (κ1) is 23.1. The van der Waals surface area contributed by atoms with Crippen LogP contribution in [-0.4, -0.2) is 30.1 Å². The summed E-state index contributed by atoms with van der Waals surface area (Å²) >= 11 is 0. The van der Waals surface area contributed by atoms with E-state index < -0.39 is 0 Å². The molecule has 0 spiro atoms. The van der Waals surface area contributed by atoms with E-state index in [2.05, 4.69) is 29.0 Å². The summed E-state index contributed by atoms with van der Waals surface area (Å²) in [4.78, 5) is 16.8. The molecule has 0 bridgehead atoms. The second-order valence-electron chi connectivity index (χ2n) is 7.70. The fourth-order valence-electron chi connectivity index (χ4n) is 3.67. The summed E-state index contributed by atoms with van der Waals surface area (Å²) in [6.07, 6.45) is 19.2. The molecule has 1 N–H and O–H groups in total. The Bertz CT molecular complexity index is 661. The zero-order chi connectivity index (χ0) is 20.7. The molecule has 2 heterocycles. The molecule has 0 radical (unpaired) electrons. The third kappa shape index (κ3) is 9.23. The second kappa shape index (κ2) is 13.9. The number of carbonyl (C=O) groups excluding carboxylic acids is 1. The van der Waals surface area contributed by atoms with Gasteiger partial charge in [-0.25, -0.2) is 0 Å². The zero-order valence-electron chi connectivity index (χ0n) is 17.8. The Morgan fingerprint density at radius 1 is 1.34 bits per heavy atom. The quantitative estimate of drug-likeness (QED) is 0.391. The standard InChI is InChI=1S/C25H36N2O2/c1-3-5-9-21(4-2)10-6-13-24(14-7-11-22-12-8-17-27-20-22)29-25(28)23-15-18-26-19-16-23/h3-5,8-9,12,17,20,23-24,26H,2,6-7,10-11,13-16,18-19H2,1H3/b5-3-,21-9+. The van der Waals surface area contributed by atoms with Gasteiger partial charge in [0.05, 0.1) is 5.92 Å². The molecule has 1 aliphatic rings. The van der Waals surface area contributed by atoms with Crippen molar-refractivity contribution >= 4 is 5.97 Å². The SMILES string of the molecule is C=C/C(=C\C=C/C)CCCC(CCCc1cccnc1)OC(=O)C1CCNCC1. The summed E-state index contributed by atoms with van der Waals surface area (Å²) in [6, 6.07) is 4.07. The summed E-state index contributed by atoms with van der Waals surface area (Å²) in [5.41, 5.74) is 2.46. The largest absolute Gasteiger partial charge is 0.462 e. The van der Waals surface area contributed by atoms with Crippen LogP contribution in [0, 0.1) is 5.92 Å².